The van der Waals surface area contributed by atoms with Gasteiger partial charge in [0.2, 0.25) is 5.91 Å². The Balaban J connectivity index is 2.11. The highest BCUT2D eigenvalue weighted by Crippen LogP contribution is 2.24. The Morgan fingerprint density at radius 3 is 2.71 bits per heavy atom. The molecule has 2 aromatic carbocycles. The lowest BCUT2D eigenvalue weighted by molar-refractivity contribution is -0.114. The van der Waals surface area contributed by atoms with Gasteiger partial charge in [0.15, 0.2) is 0 Å². The van der Waals surface area contributed by atoms with E-state index < -0.39 is 0 Å². The Bertz CT molecular complexity index is 671. The SMILES string of the molecule is CC(=O)Nc1ccccc1OCc1cccc(C(N)=S)c1. The second-order valence-corrected chi connectivity index (χ2v) is 4.97. The molecule has 5 heteroatoms. The van der Waals surface area contributed by atoms with E-state index in [0.29, 0.717) is 23.0 Å². The van der Waals surface area contributed by atoms with Gasteiger partial charge in [-0.2, -0.15) is 0 Å². The highest BCUT2D eigenvalue weighted by molar-refractivity contribution is 7.80. The molecule has 0 atom stereocenters. The van der Waals surface area contributed by atoms with Crippen LogP contribution in [0.25, 0.3) is 0 Å². The van der Waals surface area contributed by atoms with Crippen LogP contribution in [-0.2, 0) is 11.4 Å². The zero-order chi connectivity index (χ0) is 15.2. The standard InChI is InChI=1S/C16H16N2O2S/c1-11(19)18-14-7-2-3-8-15(14)20-10-12-5-4-6-13(9-12)16(17)21/h2-9H,10H2,1H3,(H2,17,21)(H,18,19). The summed E-state index contributed by atoms with van der Waals surface area (Å²) in [4.78, 5) is 11.5. The van der Waals surface area contributed by atoms with Crippen molar-refractivity contribution in [1.82, 2.24) is 0 Å². The van der Waals surface area contributed by atoms with Gasteiger partial charge in [-0.1, -0.05) is 42.5 Å². The fraction of sp³-hybridized carbons (Fsp3) is 0.125. The number of anilines is 1. The molecule has 108 valence electrons. The summed E-state index contributed by atoms with van der Waals surface area (Å²) in [5.74, 6) is 0.481. The Hall–Kier alpha value is -2.40. The van der Waals surface area contributed by atoms with E-state index in [2.05, 4.69) is 5.32 Å². The van der Waals surface area contributed by atoms with Crippen molar-refractivity contribution in [3.8, 4) is 5.75 Å². The van der Waals surface area contributed by atoms with Crippen molar-refractivity contribution in [3.63, 3.8) is 0 Å². The third-order valence-electron chi connectivity index (χ3n) is 2.80. The number of ether oxygens (including phenoxy) is 1. The number of benzene rings is 2. The Morgan fingerprint density at radius 2 is 2.00 bits per heavy atom. The van der Waals surface area contributed by atoms with Crippen molar-refractivity contribution >= 4 is 28.8 Å². The lowest BCUT2D eigenvalue weighted by Crippen LogP contribution is -2.10. The number of nitrogens with two attached hydrogens (primary N) is 1. The summed E-state index contributed by atoms with van der Waals surface area (Å²) in [7, 11) is 0. The van der Waals surface area contributed by atoms with Crippen LogP contribution in [0.4, 0.5) is 5.69 Å². The van der Waals surface area contributed by atoms with Crippen LogP contribution in [0.15, 0.2) is 48.5 Å². The molecule has 0 fully saturated rings. The Labute approximate surface area is 128 Å². The first-order chi connectivity index (χ1) is 10.1. The molecule has 0 unspecified atom stereocenters. The third kappa shape index (κ3) is 4.29. The van der Waals surface area contributed by atoms with Gasteiger partial charge in [-0.15, -0.1) is 0 Å². The van der Waals surface area contributed by atoms with Crippen LogP contribution in [-0.4, -0.2) is 10.9 Å². The smallest absolute Gasteiger partial charge is 0.221 e. The number of hydrogen-bond donors (Lipinski definition) is 2. The molecule has 0 spiro atoms. The van der Waals surface area contributed by atoms with Crippen molar-refractivity contribution in [2.75, 3.05) is 5.32 Å². The van der Waals surface area contributed by atoms with Crippen LogP contribution >= 0.6 is 12.2 Å². The average Bonchev–Trinajstić information content (AvgIpc) is 2.46. The van der Waals surface area contributed by atoms with Crippen molar-refractivity contribution in [2.24, 2.45) is 5.73 Å². The quantitative estimate of drug-likeness (QED) is 0.833. The largest absolute Gasteiger partial charge is 0.487 e. The van der Waals surface area contributed by atoms with Gasteiger partial charge in [-0.3, -0.25) is 4.79 Å². The number of para-hydroxylation sites is 2. The van der Waals surface area contributed by atoms with Crippen LogP contribution in [0, 0.1) is 0 Å². The molecule has 0 aliphatic rings. The van der Waals surface area contributed by atoms with Gasteiger partial charge in [-0.25, -0.2) is 0 Å². The van der Waals surface area contributed by atoms with Gasteiger partial charge >= 0.3 is 0 Å². The maximum atomic E-state index is 11.2. The lowest BCUT2D eigenvalue weighted by Gasteiger charge is -2.12. The molecule has 21 heavy (non-hydrogen) atoms. The first-order valence-electron chi connectivity index (χ1n) is 6.44. The monoisotopic (exact) mass is 300 g/mol. The van der Waals surface area contributed by atoms with Crippen molar-refractivity contribution < 1.29 is 9.53 Å². The third-order valence-corrected chi connectivity index (χ3v) is 3.04. The van der Waals surface area contributed by atoms with Crippen LogP contribution in [0.5, 0.6) is 5.75 Å². The predicted molar refractivity (Wildman–Crippen MR) is 87.4 cm³/mol. The average molecular weight is 300 g/mol. The fourth-order valence-electron chi connectivity index (χ4n) is 1.86. The molecule has 0 saturated carbocycles. The molecular weight excluding hydrogens is 284 g/mol. The van der Waals surface area contributed by atoms with Gasteiger partial charge in [0.1, 0.15) is 17.3 Å². The Morgan fingerprint density at radius 1 is 1.24 bits per heavy atom. The van der Waals surface area contributed by atoms with Gasteiger partial charge in [0, 0.05) is 12.5 Å². The Kier molecular flexibility index (Phi) is 4.90. The maximum Gasteiger partial charge on any atom is 0.221 e. The van der Waals surface area contributed by atoms with Gasteiger partial charge < -0.3 is 15.8 Å². The van der Waals surface area contributed by atoms with Crippen molar-refractivity contribution in [2.45, 2.75) is 13.5 Å². The molecule has 0 saturated heterocycles. The zero-order valence-corrected chi connectivity index (χ0v) is 12.4. The number of carbonyl (C=O) groups is 1. The summed E-state index contributed by atoms with van der Waals surface area (Å²) in [5.41, 5.74) is 8.02. The molecule has 0 aliphatic heterocycles. The zero-order valence-electron chi connectivity index (χ0n) is 11.6. The number of amides is 1. The van der Waals surface area contributed by atoms with Crippen LogP contribution in [0.2, 0.25) is 0 Å². The molecule has 0 bridgehead atoms. The van der Waals surface area contributed by atoms with E-state index in [1.165, 1.54) is 6.92 Å². The first kappa shape index (κ1) is 15.0. The highest BCUT2D eigenvalue weighted by atomic mass is 32.1. The number of rotatable bonds is 5. The molecule has 0 aromatic heterocycles. The summed E-state index contributed by atoms with van der Waals surface area (Å²) in [6.45, 7) is 1.83. The molecule has 1 amide bonds. The van der Waals surface area contributed by atoms with Gasteiger partial charge in [0.25, 0.3) is 0 Å². The number of carbonyl (C=O) groups excluding carboxylic acids is 1. The van der Waals surface area contributed by atoms with Gasteiger partial charge in [-0.05, 0) is 23.8 Å². The highest BCUT2D eigenvalue weighted by Gasteiger charge is 2.05. The number of hydrogen-bond acceptors (Lipinski definition) is 3. The summed E-state index contributed by atoms with van der Waals surface area (Å²) < 4.78 is 5.76. The van der Waals surface area contributed by atoms with E-state index in [0.717, 1.165) is 11.1 Å². The molecular formula is C16H16N2O2S. The molecule has 0 heterocycles. The van der Waals surface area contributed by atoms with Crippen molar-refractivity contribution in [3.05, 3.63) is 59.7 Å². The van der Waals surface area contributed by atoms with E-state index in [4.69, 9.17) is 22.7 Å². The fourth-order valence-corrected chi connectivity index (χ4v) is 1.99. The molecule has 4 nitrogen and oxygen atoms in total. The molecule has 0 aliphatic carbocycles. The summed E-state index contributed by atoms with van der Waals surface area (Å²) >= 11 is 4.96. The number of thiocarbonyl (C=S) groups is 1. The van der Waals surface area contributed by atoms with Crippen molar-refractivity contribution in [1.29, 1.82) is 0 Å². The molecule has 0 radical (unpaired) electrons. The van der Waals surface area contributed by atoms with Crippen LogP contribution in [0.1, 0.15) is 18.1 Å². The van der Waals surface area contributed by atoms with Crippen LogP contribution < -0.4 is 15.8 Å². The minimum atomic E-state index is -0.137. The van der Waals surface area contributed by atoms with E-state index in [9.17, 15) is 4.79 Å². The molecule has 2 aromatic rings. The predicted octanol–water partition coefficient (Wildman–Crippen LogP) is 2.86. The van der Waals surface area contributed by atoms with E-state index in [1.807, 2.05) is 42.5 Å². The summed E-state index contributed by atoms with van der Waals surface area (Å²) in [6.07, 6.45) is 0. The number of nitrogens with one attached hydrogen (secondary N) is 1. The van der Waals surface area contributed by atoms with E-state index in [1.54, 1.807) is 6.07 Å². The molecule has 2 rings (SSSR count). The minimum absolute atomic E-state index is 0.137. The lowest BCUT2D eigenvalue weighted by atomic mass is 10.1. The minimum Gasteiger partial charge on any atom is -0.487 e. The second-order valence-electron chi connectivity index (χ2n) is 4.53. The second kappa shape index (κ2) is 6.85. The van der Waals surface area contributed by atoms with E-state index in [-0.39, 0.29) is 5.91 Å². The van der Waals surface area contributed by atoms with E-state index >= 15 is 0 Å². The van der Waals surface area contributed by atoms with Gasteiger partial charge in [0.05, 0.1) is 5.69 Å². The normalized spacial score (nSPS) is 9.95. The topological polar surface area (TPSA) is 64.3 Å². The van der Waals surface area contributed by atoms with Crippen LogP contribution in [0.3, 0.4) is 0 Å². The summed E-state index contributed by atoms with van der Waals surface area (Å²) in [5, 5.41) is 2.73. The molecule has 3 N–H and O–H groups in total. The maximum absolute atomic E-state index is 11.2. The first-order valence-corrected chi connectivity index (χ1v) is 6.85. The summed E-state index contributed by atoms with van der Waals surface area (Å²) in [6, 6.07) is 14.9.